The fourth-order valence-electron chi connectivity index (χ4n) is 0.955. The first-order chi connectivity index (χ1) is 6.24. The molecule has 0 aliphatic carbocycles. The topological polar surface area (TPSA) is 50.2 Å². The zero-order chi connectivity index (χ0) is 9.68. The van der Waals surface area contributed by atoms with Crippen molar-refractivity contribution >= 4 is 12.0 Å². The smallest absolute Gasteiger partial charge is 0.331 e. The summed E-state index contributed by atoms with van der Waals surface area (Å²) in [4.78, 5) is 14.6. The molecule has 1 N–H and O–H groups in total. The lowest BCUT2D eigenvalue weighted by Gasteiger charge is -1.96. The van der Waals surface area contributed by atoms with Gasteiger partial charge in [-0.25, -0.2) is 4.79 Å². The number of carboxylic acids is 1. The normalized spacial score (nSPS) is 11.3. The van der Waals surface area contributed by atoms with E-state index in [1.54, 1.807) is 24.4 Å². The zero-order valence-electron chi connectivity index (χ0n) is 7.40. The molecule has 1 rings (SSSR count). The Kier molecular flexibility index (Phi) is 3.20. The summed E-state index contributed by atoms with van der Waals surface area (Å²) in [5.74, 6) is -0.881. The van der Waals surface area contributed by atoms with Crippen LogP contribution in [0.1, 0.15) is 19.0 Å². The molecule has 1 aromatic heterocycles. The Morgan fingerprint density at radius 3 is 2.85 bits per heavy atom. The van der Waals surface area contributed by atoms with E-state index in [2.05, 4.69) is 4.98 Å². The first-order valence-corrected chi connectivity index (χ1v) is 4.09. The predicted molar refractivity (Wildman–Crippen MR) is 50.1 cm³/mol. The maximum atomic E-state index is 10.6. The Morgan fingerprint density at radius 1 is 1.62 bits per heavy atom. The molecule has 0 saturated carbocycles. The number of aromatic nitrogens is 1. The molecule has 3 heteroatoms. The zero-order valence-corrected chi connectivity index (χ0v) is 7.40. The molecule has 1 heterocycles. The van der Waals surface area contributed by atoms with Crippen molar-refractivity contribution in [1.29, 1.82) is 0 Å². The first kappa shape index (κ1) is 9.45. The first-order valence-electron chi connectivity index (χ1n) is 4.09. The van der Waals surface area contributed by atoms with Crippen LogP contribution in [0.15, 0.2) is 30.0 Å². The summed E-state index contributed by atoms with van der Waals surface area (Å²) in [6, 6.07) is 5.40. The molecule has 0 amide bonds. The van der Waals surface area contributed by atoms with E-state index in [0.717, 1.165) is 0 Å². The number of nitrogens with zero attached hydrogens (tertiary/aromatic N) is 1. The summed E-state index contributed by atoms with van der Waals surface area (Å²) in [5, 5.41) is 8.74. The minimum atomic E-state index is -0.881. The van der Waals surface area contributed by atoms with Crippen molar-refractivity contribution in [3.63, 3.8) is 0 Å². The highest BCUT2D eigenvalue weighted by Crippen LogP contribution is 2.06. The Hall–Kier alpha value is -1.64. The van der Waals surface area contributed by atoms with E-state index in [0.29, 0.717) is 17.7 Å². The van der Waals surface area contributed by atoms with Gasteiger partial charge >= 0.3 is 5.97 Å². The van der Waals surface area contributed by atoms with E-state index >= 15 is 0 Å². The third-order valence-electron chi connectivity index (χ3n) is 1.67. The summed E-state index contributed by atoms with van der Waals surface area (Å²) in [6.07, 6.45) is 3.73. The number of hydrogen-bond acceptors (Lipinski definition) is 2. The molecule has 1 aromatic rings. The lowest BCUT2D eigenvalue weighted by Crippen LogP contribution is -1.98. The van der Waals surface area contributed by atoms with Crippen molar-refractivity contribution in [3.8, 4) is 0 Å². The molecule has 0 atom stereocenters. The minimum Gasteiger partial charge on any atom is -0.478 e. The maximum absolute atomic E-state index is 10.6. The molecule has 0 aromatic carbocycles. The maximum Gasteiger partial charge on any atom is 0.331 e. The molecule has 13 heavy (non-hydrogen) atoms. The quantitative estimate of drug-likeness (QED) is 0.718. The highest BCUT2D eigenvalue weighted by atomic mass is 16.4. The van der Waals surface area contributed by atoms with E-state index < -0.39 is 5.97 Å². The molecule has 0 saturated heterocycles. The average molecular weight is 177 g/mol. The van der Waals surface area contributed by atoms with Gasteiger partial charge in [0.15, 0.2) is 0 Å². The van der Waals surface area contributed by atoms with Gasteiger partial charge in [0.2, 0.25) is 0 Å². The van der Waals surface area contributed by atoms with Gasteiger partial charge < -0.3 is 5.11 Å². The van der Waals surface area contributed by atoms with Crippen molar-refractivity contribution in [2.24, 2.45) is 0 Å². The highest BCUT2D eigenvalue weighted by Gasteiger charge is 2.03. The molecule has 68 valence electrons. The van der Waals surface area contributed by atoms with Gasteiger partial charge in [0.1, 0.15) is 0 Å². The second kappa shape index (κ2) is 4.40. The van der Waals surface area contributed by atoms with Crippen LogP contribution < -0.4 is 0 Å². The second-order valence-electron chi connectivity index (χ2n) is 2.58. The number of carbonyl (C=O) groups is 1. The van der Waals surface area contributed by atoms with Crippen molar-refractivity contribution in [2.45, 2.75) is 13.3 Å². The van der Waals surface area contributed by atoms with Crippen molar-refractivity contribution in [1.82, 2.24) is 4.98 Å². The monoisotopic (exact) mass is 177 g/mol. The van der Waals surface area contributed by atoms with Gasteiger partial charge in [-0.2, -0.15) is 0 Å². The Balaban J connectivity index is 2.92. The van der Waals surface area contributed by atoms with Crippen LogP contribution in [0.2, 0.25) is 0 Å². The van der Waals surface area contributed by atoms with Gasteiger partial charge in [-0.05, 0) is 24.6 Å². The third-order valence-corrected chi connectivity index (χ3v) is 1.67. The van der Waals surface area contributed by atoms with Crippen LogP contribution in [0.25, 0.3) is 6.08 Å². The summed E-state index contributed by atoms with van der Waals surface area (Å²) in [5.41, 5.74) is 1.06. The van der Waals surface area contributed by atoms with Crippen LogP contribution in [0.4, 0.5) is 0 Å². The van der Waals surface area contributed by atoms with E-state index in [1.165, 1.54) is 0 Å². The van der Waals surface area contributed by atoms with Gasteiger partial charge in [-0.3, -0.25) is 4.98 Å². The van der Waals surface area contributed by atoms with Crippen LogP contribution in [-0.4, -0.2) is 16.1 Å². The number of pyridine rings is 1. The lowest BCUT2D eigenvalue weighted by molar-refractivity contribution is -0.132. The molecule has 3 nitrogen and oxygen atoms in total. The largest absolute Gasteiger partial charge is 0.478 e. The molecule has 0 fully saturated rings. The van der Waals surface area contributed by atoms with Crippen LogP contribution >= 0.6 is 0 Å². The minimum absolute atomic E-state index is 0.374. The van der Waals surface area contributed by atoms with Gasteiger partial charge in [0.05, 0.1) is 5.69 Å². The number of rotatable bonds is 3. The Bertz CT molecular complexity index is 317. The summed E-state index contributed by atoms with van der Waals surface area (Å²) in [7, 11) is 0. The molecule has 0 bridgehead atoms. The van der Waals surface area contributed by atoms with Gasteiger partial charge in [0, 0.05) is 11.8 Å². The molecular formula is C10H11NO2. The van der Waals surface area contributed by atoms with Gasteiger partial charge in [-0.15, -0.1) is 0 Å². The highest BCUT2D eigenvalue weighted by molar-refractivity contribution is 5.91. The summed E-state index contributed by atoms with van der Waals surface area (Å²) < 4.78 is 0. The van der Waals surface area contributed by atoms with Gasteiger partial charge in [-0.1, -0.05) is 13.0 Å². The van der Waals surface area contributed by atoms with Crippen LogP contribution in [0.3, 0.4) is 0 Å². The lowest BCUT2D eigenvalue weighted by atomic mass is 10.1. The van der Waals surface area contributed by atoms with Crippen molar-refractivity contribution in [2.75, 3.05) is 0 Å². The van der Waals surface area contributed by atoms with Crippen LogP contribution in [0, 0.1) is 0 Å². The standard InChI is InChI=1S/C10H11NO2/c1-2-8(10(12)13)7-9-5-3-4-6-11-9/h3-7H,2H2,1H3,(H,12,13)/b8-7+. The third kappa shape index (κ3) is 2.71. The molecule has 0 aliphatic heterocycles. The van der Waals surface area contributed by atoms with E-state index in [-0.39, 0.29) is 0 Å². The van der Waals surface area contributed by atoms with Crippen molar-refractivity contribution < 1.29 is 9.90 Å². The molecule has 0 spiro atoms. The SMILES string of the molecule is CC/C(=C\c1ccccn1)C(=O)O. The fraction of sp³-hybridized carbons (Fsp3) is 0.200. The molecule has 0 unspecified atom stereocenters. The Labute approximate surface area is 76.7 Å². The number of hydrogen-bond donors (Lipinski definition) is 1. The van der Waals surface area contributed by atoms with E-state index in [1.807, 2.05) is 13.0 Å². The van der Waals surface area contributed by atoms with Gasteiger partial charge in [0.25, 0.3) is 0 Å². The summed E-state index contributed by atoms with van der Waals surface area (Å²) in [6.45, 7) is 1.81. The Morgan fingerprint density at radius 2 is 2.38 bits per heavy atom. The molecular weight excluding hydrogens is 166 g/mol. The molecule has 0 aliphatic rings. The average Bonchev–Trinajstić information content (AvgIpc) is 2.15. The van der Waals surface area contributed by atoms with Crippen molar-refractivity contribution in [3.05, 3.63) is 35.7 Å². The predicted octanol–water partition coefficient (Wildman–Crippen LogP) is 1.96. The van der Waals surface area contributed by atoms with Crippen LogP contribution in [-0.2, 0) is 4.79 Å². The number of carboxylic acid groups (broad SMARTS) is 1. The van der Waals surface area contributed by atoms with E-state index in [9.17, 15) is 4.79 Å². The fourth-order valence-corrected chi connectivity index (χ4v) is 0.955. The summed E-state index contributed by atoms with van der Waals surface area (Å²) >= 11 is 0. The van der Waals surface area contributed by atoms with Crippen LogP contribution in [0.5, 0.6) is 0 Å². The number of aliphatic carboxylic acids is 1. The van der Waals surface area contributed by atoms with E-state index in [4.69, 9.17) is 5.11 Å². The molecule has 0 radical (unpaired) electrons. The second-order valence-corrected chi connectivity index (χ2v) is 2.58.